The SMILES string of the molecule is COc1c[c]cnc1OC. The van der Waals surface area contributed by atoms with Crippen LogP contribution in [-0.4, -0.2) is 19.2 Å². The maximum Gasteiger partial charge on any atom is 0.256 e. The highest BCUT2D eigenvalue weighted by Crippen LogP contribution is 2.20. The van der Waals surface area contributed by atoms with Gasteiger partial charge in [0.25, 0.3) is 5.88 Å². The van der Waals surface area contributed by atoms with E-state index in [-0.39, 0.29) is 0 Å². The van der Waals surface area contributed by atoms with Crippen molar-refractivity contribution in [2.75, 3.05) is 14.2 Å². The maximum atomic E-state index is 4.92. The summed E-state index contributed by atoms with van der Waals surface area (Å²) in [5.74, 6) is 1.09. The lowest BCUT2D eigenvalue weighted by atomic mass is 10.4. The van der Waals surface area contributed by atoms with Gasteiger partial charge in [0.2, 0.25) is 0 Å². The Hall–Kier alpha value is -1.25. The molecule has 1 aromatic heterocycles. The summed E-state index contributed by atoms with van der Waals surface area (Å²) in [4.78, 5) is 3.87. The molecule has 0 spiro atoms. The molecule has 0 aromatic carbocycles. The van der Waals surface area contributed by atoms with Crippen LogP contribution in [-0.2, 0) is 0 Å². The Morgan fingerprint density at radius 1 is 1.40 bits per heavy atom. The Bertz CT molecular complexity index is 190. The summed E-state index contributed by atoms with van der Waals surface area (Å²) in [5.41, 5.74) is 0. The third kappa shape index (κ3) is 1.18. The van der Waals surface area contributed by atoms with E-state index in [1.165, 1.54) is 6.20 Å². The van der Waals surface area contributed by atoms with Crippen molar-refractivity contribution < 1.29 is 9.47 Å². The van der Waals surface area contributed by atoms with Gasteiger partial charge in [-0.1, -0.05) is 0 Å². The van der Waals surface area contributed by atoms with E-state index in [1.54, 1.807) is 20.3 Å². The van der Waals surface area contributed by atoms with Crippen LogP contribution in [0.25, 0.3) is 0 Å². The molecule has 0 aliphatic carbocycles. The second-order valence-electron chi connectivity index (χ2n) is 1.65. The van der Waals surface area contributed by atoms with E-state index < -0.39 is 0 Å². The van der Waals surface area contributed by atoms with Crippen molar-refractivity contribution in [2.45, 2.75) is 0 Å². The van der Waals surface area contributed by atoms with Crippen LogP contribution in [0.4, 0.5) is 0 Å². The summed E-state index contributed by atoms with van der Waals surface area (Å²) >= 11 is 0. The predicted octanol–water partition coefficient (Wildman–Crippen LogP) is 0.899. The van der Waals surface area contributed by atoms with E-state index in [9.17, 15) is 0 Å². The summed E-state index contributed by atoms with van der Waals surface area (Å²) in [6, 6.07) is 4.44. The zero-order valence-electron chi connectivity index (χ0n) is 5.92. The van der Waals surface area contributed by atoms with Crippen molar-refractivity contribution in [1.29, 1.82) is 0 Å². The van der Waals surface area contributed by atoms with Gasteiger partial charge in [0, 0.05) is 12.3 Å². The number of nitrogens with zero attached hydrogens (tertiary/aromatic N) is 1. The number of ether oxygens (including phenoxy) is 2. The summed E-state index contributed by atoms with van der Waals surface area (Å²) in [7, 11) is 3.11. The lowest BCUT2D eigenvalue weighted by Gasteiger charge is -2.02. The first kappa shape index (κ1) is 6.86. The van der Waals surface area contributed by atoms with Gasteiger partial charge < -0.3 is 9.47 Å². The van der Waals surface area contributed by atoms with Crippen molar-refractivity contribution in [3.8, 4) is 11.6 Å². The van der Waals surface area contributed by atoms with E-state index in [4.69, 9.17) is 9.47 Å². The van der Waals surface area contributed by atoms with Gasteiger partial charge >= 0.3 is 0 Å². The number of aromatic nitrogens is 1. The molecule has 0 N–H and O–H groups in total. The molecule has 0 amide bonds. The maximum absolute atomic E-state index is 4.92. The van der Waals surface area contributed by atoms with E-state index in [1.807, 2.05) is 0 Å². The minimum atomic E-state index is 0.487. The van der Waals surface area contributed by atoms with E-state index in [0.717, 1.165) is 0 Å². The fourth-order valence-electron chi connectivity index (χ4n) is 0.634. The fourth-order valence-corrected chi connectivity index (χ4v) is 0.634. The Morgan fingerprint density at radius 2 is 2.20 bits per heavy atom. The first-order chi connectivity index (χ1) is 4.88. The molecule has 0 bridgehead atoms. The van der Waals surface area contributed by atoms with E-state index in [2.05, 4.69) is 11.1 Å². The molecule has 53 valence electrons. The molecule has 1 aromatic rings. The van der Waals surface area contributed by atoms with Crippen LogP contribution >= 0.6 is 0 Å². The second-order valence-corrected chi connectivity index (χ2v) is 1.65. The molecule has 0 saturated carbocycles. The van der Waals surface area contributed by atoms with Gasteiger partial charge in [-0.25, -0.2) is 4.98 Å². The standard InChI is InChI=1S/C7H8NO2/c1-9-6-4-3-5-8-7(6)10-2/h4-5H,1-2H3. The van der Waals surface area contributed by atoms with Crippen molar-refractivity contribution in [1.82, 2.24) is 4.98 Å². The molecule has 0 unspecified atom stereocenters. The van der Waals surface area contributed by atoms with E-state index >= 15 is 0 Å². The Labute approximate surface area is 59.6 Å². The van der Waals surface area contributed by atoms with Gasteiger partial charge in [0.15, 0.2) is 5.75 Å². The number of rotatable bonds is 2. The smallest absolute Gasteiger partial charge is 0.256 e. The van der Waals surface area contributed by atoms with Gasteiger partial charge in [-0.05, 0) is 6.07 Å². The molecule has 10 heavy (non-hydrogen) atoms. The molecule has 0 atom stereocenters. The molecule has 0 fully saturated rings. The molecule has 1 radical (unpaired) electrons. The topological polar surface area (TPSA) is 31.4 Å². The largest absolute Gasteiger partial charge is 0.491 e. The summed E-state index contributed by atoms with van der Waals surface area (Å²) < 4.78 is 9.80. The van der Waals surface area contributed by atoms with Gasteiger partial charge in [-0.3, -0.25) is 0 Å². The number of pyridine rings is 1. The average Bonchev–Trinajstić information content (AvgIpc) is 2.04. The van der Waals surface area contributed by atoms with Gasteiger partial charge in [-0.2, -0.15) is 0 Å². The van der Waals surface area contributed by atoms with Crippen LogP contribution in [0.15, 0.2) is 12.3 Å². The lowest BCUT2D eigenvalue weighted by Crippen LogP contribution is -1.91. The monoisotopic (exact) mass is 138 g/mol. The number of methoxy groups -OCH3 is 2. The Kier molecular flexibility index (Phi) is 2.10. The Morgan fingerprint density at radius 3 is 2.70 bits per heavy atom. The summed E-state index contributed by atoms with van der Waals surface area (Å²) in [6.07, 6.45) is 1.53. The normalized spacial score (nSPS) is 9.00. The van der Waals surface area contributed by atoms with Gasteiger partial charge in [0.1, 0.15) is 0 Å². The van der Waals surface area contributed by atoms with Crippen molar-refractivity contribution in [2.24, 2.45) is 0 Å². The van der Waals surface area contributed by atoms with Gasteiger partial charge in [0.05, 0.1) is 14.2 Å². The highest BCUT2D eigenvalue weighted by atomic mass is 16.5. The minimum Gasteiger partial charge on any atom is -0.491 e. The molecule has 1 rings (SSSR count). The van der Waals surface area contributed by atoms with Crippen LogP contribution in [0, 0.1) is 6.07 Å². The molecule has 0 saturated heterocycles. The third-order valence-electron chi connectivity index (χ3n) is 1.09. The number of hydrogen-bond acceptors (Lipinski definition) is 3. The minimum absolute atomic E-state index is 0.487. The quantitative estimate of drug-likeness (QED) is 0.608. The highest BCUT2D eigenvalue weighted by molar-refractivity contribution is 5.31. The predicted molar refractivity (Wildman–Crippen MR) is 36.2 cm³/mol. The first-order valence-corrected chi connectivity index (χ1v) is 2.82. The zero-order valence-corrected chi connectivity index (χ0v) is 5.92. The summed E-state index contributed by atoms with van der Waals surface area (Å²) in [5, 5.41) is 0. The van der Waals surface area contributed by atoms with Crippen molar-refractivity contribution >= 4 is 0 Å². The van der Waals surface area contributed by atoms with Gasteiger partial charge in [-0.15, -0.1) is 0 Å². The third-order valence-corrected chi connectivity index (χ3v) is 1.09. The Balaban J connectivity index is 2.96. The number of hydrogen-bond donors (Lipinski definition) is 0. The fraction of sp³-hybridized carbons (Fsp3) is 0.286. The molecule has 0 aliphatic heterocycles. The average molecular weight is 138 g/mol. The molecular weight excluding hydrogens is 130 g/mol. The molecule has 0 aliphatic rings. The van der Waals surface area contributed by atoms with E-state index in [0.29, 0.717) is 11.6 Å². The van der Waals surface area contributed by atoms with Crippen LogP contribution in [0.2, 0.25) is 0 Å². The molecule has 3 nitrogen and oxygen atoms in total. The van der Waals surface area contributed by atoms with Crippen LogP contribution < -0.4 is 9.47 Å². The lowest BCUT2D eigenvalue weighted by molar-refractivity contribution is 0.343. The second kappa shape index (κ2) is 3.06. The zero-order chi connectivity index (χ0) is 7.40. The first-order valence-electron chi connectivity index (χ1n) is 2.82. The molecular formula is C7H8NO2. The van der Waals surface area contributed by atoms with Crippen molar-refractivity contribution in [3.05, 3.63) is 18.3 Å². The summed E-state index contributed by atoms with van der Waals surface area (Å²) in [6.45, 7) is 0. The van der Waals surface area contributed by atoms with Crippen LogP contribution in [0.1, 0.15) is 0 Å². The van der Waals surface area contributed by atoms with Crippen molar-refractivity contribution in [3.63, 3.8) is 0 Å². The molecule has 1 heterocycles. The van der Waals surface area contributed by atoms with Crippen LogP contribution in [0.5, 0.6) is 11.6 Å². The highest BCUT2D eigenvalue weighted by Gasteiger charge is 1.99. The van der Waals surface area contributed by atoms with Crippen LogP contribution in [0.3, 0.4) is 0 Å². The molecule has 3 heteroatoms.